The molecule has 0 aliphatic heterocycles. The molecule has 0 amide bonds. The molecule has 0 fully saturated rings. The van der Waals surface area contributed by atoms with Gasteiger partial charge in [-0.1, -0.05) is 27.7 Å². The number of nitrogens with one attached hydrogen (secondary N) is 1. The molecule has 0 saturated carbocycles. The Hall–Kier alpha value is -0.180. The van der Waals surface area contributed by atoms with E-state index in [9.17, 15) is 8.78 Å². The van der Waals surface area contributed by atoms with Crippen LogP contribution in [0.2, 0.25) is 0 Å². The van der Waals surface area contributed by atoms with Crippen LogP contribution < -0.4 is 5.32 Å². The predicted molar refractivity (Wildman–Crippen MR) is 56.8 cm³/mol. The molecule has 0 heterocycles. The van der Waals surface area contributed by atoms with Crippen LogP contribution in [-0.2, 0) is 0 Å². The normalized spacial score (nSPS) is 14.8. The maximum absolute atomic E-state index is 12.5. The lowest BCUT2D eigenvalue weighted by molar-refractivity contribution is 0.0881. The lowest BCUT2D eigenvalue weighted by Gasteiger charge is -2.23. The topological polar surface area (TPSA) is 12.0 Å². The van der Waals surface area contributed by atoms with Gasteiger partial charge in [-0.15, -0.1) is 0 Å². The van der Waals surface area contributed by atoms with E-state index >= 15 is 0 Å². The molecule has 0 aromatic heterocycles. The van der Waals surface area contributed by atoms with Crippen LogP contribution in [0.1, 0.15) is 47.0 Å². The van der Waals surface area contributed by atoms with Crippen molar-refractivity contribution < 1.29 is 8.78 Å². The fourth-order valence-electron chi connectivity index (χ4n) is 1.24. The summed E-state index contributed by atoms with van der Waals surface area (Å²) in [5, 5.41) is 2.89. The van der Waals surface area contributed by atoms with Gasteiger partial charge in [0, 0.05) is 0 Å². The van der Waals surface area contributed by atoms with Crippen LogP contribution >= 0.6 is 0 Å². The SMILES string of the molecule is CCCNC(CCC(C)(C)C)C(F)F. The number of halogens is 2. The summed E-state index contributed by atoms with van der Waals surface area (Å²) >= 11 is 0. The zero-order valence-electron chi connectivity index (χ0n) is 9.74. The van der Waals surface area contributed by atoms with Crippen molar-refractivity contribution in [1.29, 1.82) is 0 Å². The van der Waals surface area contributed by atoms with Crippen LogP contribution in [0.3, 0.4) is 0 Å². The lowest BCUT2D eigenvalue weighted by atomic mass is 9.89. The quantitative estimate of drug-likeness (QED) is 0.703. The third-order valence-corrected chi connectivity index (χ3v) is 2.17. The third kappa shape index (κ3) is 7.25. The Morgan fingerprint density at radius 1 is 1.21 bits per heavy atom. The lowest BCUT2D eigenvalue weighted by Crippen LogP contribution is -2.36. The number of hydrogen-bond acceptors (Lipinski definition) is 1. The van der Waals surface area contributed by atoms with Crippen molar-refractivity contribution >= 4 is 0 Å². The third-order valence-electron chi connectivity index (χ3n) is 2.17. The second-order valence-corrected chi connectivity index (χ2v) is 4.99. The predicted octanol–water partition coefficient (Wildman–Crippen LogP) is 3.45. The first-order chi connectivity index (χ1) is 6.37. The summed E-state index contributed by atoms with van der Waals surface area (Å²) in [5.74, 6) is 0. The number of hydrogen-bond donors (Lipinski definition) is 1. The standard InChI is InChI=1S/C11H23F2N/c1-5-8-14-9(10(12)13)6-7-11(2,3)4/h9-10,14H,5-8H2,1-4H3. The molecule has 0 aliphatic carbocycles. The van der Waals surface area contributed by atoms with Crippen LogP contribution in [0.15, 0.2) is 0 Å². The fraction of sp³-hybridized carbons (Fsp3) is 1.00. The van der Waals surface area contributed by atoms with Crippen molar-refractivity contribution in [3.8, 4) is 0 Å². The van der Waals surface area contributed by atoms with Crippen molar-refractivity contribution in [3.05, 3.63) is 0 Å². The fourth-order valence-corrected chi connectivity index (χ4v) is 1.24. The summed E-state index contributed by atoms with van der Waals surface area (Å²) in [6, 6.07) is -0.630. The summed E-state index contributed by atoms with van der Waals surface area (Å²) in [4.78, 5) is 0. The summed E-state index contributed by atoms with van der Waals surface area (Å²) in [5.41, 5.74) is 0.140. The molecule has 0 rings (SSSR count). The summed E-state index contributed by atoms with van der Waals surface area (Å²) in [7, 11) is 0. The van der Waals surface area contributed by atoms with Gasteiger partial charge in [-0.2, -0.15) is 0 Å². The molecule has 0 aromatic rings. The van der Waals surface area contributed by atoms with Crippen molar-refractivity contribution in [3.63, 3.8) is 0 Å². The van der Waals surface area contributed by atoms with Crippen molar-refractivity contribution in [2.45, 2.75) is 59.4 Å². The van der Waals surface area contributed by atoms with Gasteiger partial charge in [-0.25, -0.2) is 8.78 Å². The molecular weight excluding hydrogens is 184 g/mol. The van der Waals surface area contributed by atoms with Crippen LogP contribution in [0.4, 0.5) is 8.78 Å². The molecule has 0 radical (unpaired) electrons. The average molecular weight is 207 g/mol. The van der Waals surface area contributed by atoms with Gasteiger partial charge in [-0.05, 0) is 31.2 Å². The second-order valence-electron chi connectivity index (χ2n) is 4.99. The molecule has 0 saturated heterocycles. The summed E-state index contributed by atoms with van der Waals surface area (Å²) in [6.07, 6.45) is 0.0439. The molecule has 0 aliphatic rings. The molecule has 0 bridgehead atoms. The van der Waals surface area contributed by atoms with E-state index in [-0.39, 0.29) is 5.41 Å². The second kappa shape index (κ2) is 6.33. The van der Waals surface area contributed by atoms with E-state index in [1.807, 2.05) is 6.92 Å². The van der Waals surface area contributed by atoms with Gasteiger partial charge >= 0.3 is 0 Å². The molecular formula is C11H23F2N. The van der Waals surface area contributed by atoms with Gasteiger partial charge in [-0.3, -0.25) is 0 Å². The molecule has 1 atom stereocenters. The first-order valence-electron chi connectivity index (χ1n) is 5.38. The maximum atomic E-state index is 12.5. The zero-order chi connectivity index (χ0) is 11.2. The van der Waals surface area contributed by atoms with Gasteiger partial charge in [0.25, 0.3) is 6.43 Å². The highest BCUT2D eigenvalue weighted by atomic mass is 19.3. The van der Waals surface area contributed by atoms with Gasteiger partial charge in [0.15, 0.2) is 0 Å². The monoisotopic (exact) mass is 207 g/mol. The van der Waals surface area contributed by atoms with Crippen molar-refractivity contribution in [2.75, 3.05) is 6.54 Å². The minimum Gasteiger partial charge on any atom is -0.309 e. The summed E-state index contributed by atoms with van der Waals surface area (Å²) in [6.45, 7) is 8.90. The molecule has 1 nitrogen and oxygen atoms in total. The first-order valence-corrected chi connectivity index (χ1v) is 5.38. The largest absolute Gasteiger partial charge is 0.309 e. The maximum Gasteiger partial charge on any atom is 0.253 e. The first kappa shape index (κ1) is 13.8. The smallest absolute Gasteiger partial charge is 0.253 e. The number of rotatable bonds is 6. The molecule has 1 N–H and O–H groups in total. The average Bonchev–Trinajstić information content (AvgIpc) is 2.01. The zero-order valence-corrected chi connectivity index (χ0v) is 9.74. The number of alkyl halides is 2. The molecule has 3 heteroatoms. The van der Waals surface area contributed by atoms with E-state index in [1.54, 1.807) is 0 Å². The Morgan fingerprint density at radius 3 is 2.14 bits per heavy atom. The van der Waals surface area contributed by atoms with E-state index in [4.69, 9.17) is 0 Å². The Kier molecular flexibility index (Phi) is 6.25. The molecule has 1 unspecified atom stereocenters. The van der Waals surface area contributed by atoms with E-state index in [0.717, 1.165) is 12.8 Å². The van der Waals surface area contributed by atoms with Crippen LogP contribution in [-0.4, -0.2) is 19.0 Å². The van der Waals surface area contributed by atoms with Gasteiger partial charge in [0.2, 0.25) is 0 Å². The van der Waals surface area contributed by atoms with E-state index in [1.165, 1.54) is 0 Å². The Morgan fingerprint density at radius 2 is 1.79 bits per heavy atom. The van der Waals surface area contributed by atoms with Crippen LogP contribution in [0, 0.1) is 5.41 Å². The Balaban J connectivity index is 3.85. The van der Waals surface area contributed by atoms with E-state index < -0.39 is 12.5 Å². The molecule has 86 valence electrons. The summed E-state index contributed by atoms with van der Waals surface area (Å²) < 4.78 is 25.1. The van der Waals surface area contributed by atoms with Gasteiger partial charge in [0.05, 0.1) is 6.04 Å². The van der Waals surface area contributed by atoms with Gasteiger partial charge < -0.3 is 5.32 Å². The minimum absolute atomic E-state index is 0.140. The molecule has 14 heavy (non-hydrogen) atoms. The highest BCUT2D eigenvalue weighted by molar-refractivity contribution is 4.73. The van der Waals surface area contributed by atoms with Crippen LogP contribution in [0.5, 0.6) is 0 Å². The minimum atomic E-state index is -2.25. The van der Waals surface area contributed by atoms with Crippen molar-refractivity contribution in [2.24, 2.45) is 5.41 Å². The highest BCUT2D eigenvalue weighted by Crippen LogP contribution is 2.23. The van der Waals surface area contributed by atoms with E-state index in [2.05, 4.69) is 26.1 Å². The molecule has 0 aromatic carbocycles. The Bertz CT molecular complexity index is 141. The highest BCUT2D eigenvalue weighted by Gasteiger charge is 2.21. The Labute approximate surface area is 86.3 Å². The van der Waals surface area contributed by atoms with Crippen LogP contribution in [0.25, 0.3) is 0 Å². The van der Waals surface area contributed by atoms with Gasteiger partial charge in [0.1, 0.15) is 0 Å². The van der Waals surface area contributed by atoms with Crippen molar-refractivity contribution in [1.82, 2.24) is 5.32 Å². The molecule has 0 spiro atoms. The van der Waals surface area contributed by atoms with E-state index in [0.29, 0.717) is 13.0 Å².